The van der Waals surface area contributed by atoms with Crippen LogP contribution in [-0.2, 0) is 4.79 Å². The summed E-state index contributed by atoms with van der Waals surface area (Å²) in [6, 6.07) is 12.0. The first-order chi connectivity index (χ1) is 13.6. The molecule has 1 saturated heterocycles. The third-order valence-electron chi connectivity index (χ3n) is 5.57. The molecule has 1 heterocycles. The summed E-state index contributed by atoms with van der Waals surface area (Å²) in [6.07, 6.45) is 1.93. The van der Waals surface area contributed by atoms with Gasteiger partial charge in [-0.15, -0.1) is 0 Å². The summed E-state index contributed by atoms with van der Waals surface area (Å²) < 4.78 is 13.3. The highest BCUT2D eigenvalue weighted by molar-refractivity contribution is 5.77. The van der Waals surface area contributed by atoms with Crippen LogP contribution >= 0.6 is 0 Å². The molecule has 29 heavy (non-hydrogen) atoms. The number of hydrogen-bond acceptors (Lipinski definition) is 4. The summed E-state index contributed by atoms with van der Waals surface area (Å²) in [6.45, 7) is 6.37. The Labute approximate surface area is 171 Å². The van der Waals surface area contributed by atoms with Gasteiger partial charge in [-0.25, -0.2) is 4.39 Å². The molecule has 0 bridgehead atoms. The van der Waals surface area contributed by atoms with Crippen LogP contribution in [0.15, 0.2) is 42.5 Å². The number of halogens is 1. The summed E-state index contributed by atoms with van der Waals surface area (Å²) in [5, 5.41) is 23.1. The van der Waals surface area contributed by atoms with E-state index in [2.05, 4.69) is 10.2 Å². The molecule has 0 amide bonds. The molecule has 2 aromatic carbocycles. The molecule has 2 atom stereocenters. The summed E-state index contributed by atoms with van der Waals surface area (Å²) in [7, 11) is 0. The number of anilines is 3. The van der Waals surface area contributed by atoms with Crippen LogP contribution in [0.2, 0.25) is 0 Å². The van der Waals surface area contributed by atoms with E-state index in [1.54, 1.807) is 12.1 Å². The van der Waals surface area contributed by atoms with Crippen LogP contribution in [0.25, 0.3) is 0 Å². The van der Waals surface area contributed by atoms with Gasteiger partial charge in [0.05, 0.1) is 29.4 Å². The number of nitrogens with one attached hydrogen (secondary N) is 1. The molecule has 0 saturated carbocycles. The summed E-state index contributed by atoms with van der Waals surface area (Å²) in [5.41, 5.74) is 2.58. The molecule has 0 aromatic heterocycles. The lowest BCUT2D eigenvalue weighted by Crippen LogP contribution is -2.45. The number of hydrogen-bond donors (Lipinski definition) is 3. The van der Waals surface area contributed by atoms with E-state index in [0.29, 0.717) is 0 Å². The van der Waals surface area contributed by atoms with Crippen molar-refractivity contribution in [1.82, 2.24) is 0 Å². The second-order valence-electron chi connectivity index (χ2n) is 8.41. The van der Waals surface area contributed by atoms with E-state index in [1.807, 2.05) is 39.0 Å². The molecule has 5 nitrogen and oxygen atoms in total. The number of benzene rings is 2. The van der Waals surface area contributed by atoms with Crippen molar-refractivity contribution < 1.29 is 19.4 Å². The van der Waals surface area contributed by atoms with E-state index in [4.69, 9.17) is 5.11 Å². The maximum atomic E-state index is 13.3. The van der Waals surface area contributed by atoms with E-state index < -0.39 is 11.6 Å². The average Bonchev–Trinajstić information content (AvgIpc) is 3.13. The molecule has 1 aliphatic heterocycles. The SMILES string of the molecule is CC(CC(=O)O)c1ccc(N2CCCC2C(C)(C)O)c(Nc2ccc(F)cc2)c1. The van der Waals surface area contributed by atoms with Gasteiger partial charge in [0.1, 0.15) is 5.82 Å². The number of rotatable bonds is 7. The zero-order valence-corrected chi connectivity index (χ0v) is 17.2. The maximum absolute atomic E-state index is 13.3. The summed E-state index contributed by atoms with van der Waals surface area (Å²) in [5.74, 6) is -1.28. The van der Waals surface area contributed by atoms with Crippen molar-refractivity contribution in [3.8, 4) is 0 Å². The van der Waals surface area contributed by atoms with Crippen LogP contribution < -0.4 is 10.2 Å². The van der Waals surface area contributed by atoms with Crippen LogP contribution in [0, 0.1) is 5.82 Å². The van der Waals surface area contributed by atoms with E-state index in [0.717, 1.165) is 42.0 Å². The van der Waals surface area contributed by atoms with E-state index >= 15 is 0 Å². The van der Waals surface area contributed by atoms with Crippen molar-refractivity contribution in [3.63, 3.8) is 0 Å². The number of nitrogens with zero attached hydrogens (tertiary/aromatic N) is 1. The standard InChI is InChI=1S/C23H29FN2O3/c1-15(13-22(27)28)16-6-11-20(26-12-4-5-21(26)23(2,3)29)19(14-16)25-18-9-7-17(24)8-10-18/h6-11,14-15,21,25,29H,4-5,12-13H2,1-3H3,(H,27,28). The van der Waals surface area contributed by atoms with Crippen molar-refractivity contribution >= 4 is 23.0 Å². The minimum absolute atomic E-state index is 0.0152. The average molecular weight is 400 g/mol. The summed E-state index contributed by atoms with van der Waals surface area (Å²) >= 11 is 0. The van der Waals surface area contributed by atoms with Gasteiger partial charge in [-0.3, -0.25) is 4.79 Å². The Hall–Kier alpha value is -2.60. The van der Waals surface area contributed by atoms with Crippen LogP contribution in [0.3, 0.4) is 0 Å². The number of carbonyl (C=O) groups is 1. The lowest BCUT2D eigenvalue weighted by atomic mass is 9.94. The smallest absolute Gasteiger partial charge is 0.303 e. The topological polar surface area (TPSA) is 72.8 Å². The van der Waals surface area contributed by atoms with Crippen molar-refractivity contribution in [1.29, 1.82) is 0 Å². The Kier molecular flexibility index (Phi) is 6.13. The van der Waals surface area contributed by atoms with Gasteiger partial charge >= 0.3 is 5.97 Å². The fourth-order valence-electron chi connectivity index (χ4n) is 4.07. The van der Waals surface area contributed by atoms with Crippen LogP contribution in [0.5, 0.6) is 0 Å². The molecule has 0 radical (unpaired) electrons. The van der Waals surface area contributed by atoms with Crippen molar-refractivity contribution in [3.05, 3.63) is 53.8 Å². The molecular formula is C23H29FN2O3. The minimum atomic E-state index is -0.848. The monoisotopic (exact) mass is 400 g/mol. The highest BCUT2D eigenvalue weighted by atomic mass is 19.1. The first-order valence-corrected chi connectivity index (χ1v) is 10.0. The highest BCUT2D eigenvalue weighted by Crippen LogP contribution is 2.39. The lowest BCUT2D eigenvalue weighted by molar-refractivity contribution is -0.137. The van der Waals surface area contributed by atoms with Gasteiger partial charge in [0.15, 0.2) is 0 Å². The first kappa shape index (κ1) is 21.1. The Balaban J connectivity index is 2.00. The van der Waals surface area contributed by atoms with Gasteiger partial charge in [0.2, 0.25) is 0 Å². The third kappa shape index (κ3) is 5.07. The van der Waals surface area contributed by atoms with Crippen LogP contribution in [0.1, 0.15) is 51.5 Å². The molecule has 3 N–H and O–H groups in total. The molecule has 6 heteroatoms. The summed E-state index contributed by atoms with van der Waals surface area (Å²) in [4.78, 5) is 13.3. The molecule has 0 aliphatic carbocycles. The maximum Gasteiger partial charge on any atom is 0.303 e. The van der Waals surface area contributed by atoms with Gasteiger partial charge in [0.25, 0.3) is 0 Å². The minimum Gasteiger partial charge on any atom is -0.481 e. The fraction of sp³-hybridized carbons (Fsp3) is 0.435. The molecule has 3 rings (SSSR count). The molecule has 2 unspecified atom stereocenters. The Morgan fingerprint density at radius 3 is 2.59 bits per heavy atom. The Bertz CT molecular complexity index is 861. The molecule has 156 valence electrons. The predicted molar refractivity (Wildman–Crippen MR) is 113 cm³/mol. The molecule has 2 aromatic rings. The van der Waals surface area contributed by atoms with Crippen molar-refractivity contribution in [2.24, 2.45) is 0 Å². The Morgan fingerprint density at radius 1 is 1.28 bits per heavy atom. The van der Waals surface area contributed by atoms with Crippen molar-refractivity contribution in [2.45, 2.75) is 57.6 Å². The zero-order valence-electron chi connectivity index (χ0n) is 17.2. The second kappa shape index (κ2) is 8.41. The van der Waals surface area contributed by atoms with Gasteiger partial charge in [-0.05, 0) is 74.6 Å². The molecular weight excluding hydrogens is 371 g/mol. The van der Waals surface area contributed by atoms with Crippen LogP contribution in [-0.4, -0.2) is 34.4 Å². The number of aliphatic carboxylic acids is 1. The van der Waals surface area contributed by atoms with Crippen molar-refractivity contribution in [2.75, 3.05) is 16.8 Å². The number of carboxylic acid groups (broad SMARTS) is 1. The Morgan fingerprint density at radius 2 is 1.97 bits per heavy atom. The predicted octanol–water partition coefficient (Wildman–Crippen LogP) is 4.89. The van der Waals surface area contributed by atoms with Gasteiger partial charge in [-0.2, -0.15) is 0 Å². The third-order valence-corrected chi connectivity index (χ3v) is 5.57. The largest absolute Gasteiger partial charge is 0.481 e. The highest BCUT2D eigenvalue weighted by Gasteiger charge is 2.37. The normalized spacial score (nSPS) is 18.0. The van der Waals surface area contributed by atoms with Gasteiger partial charge in [-0.1, -0.05) is 13.0 Å². The first-order valence-electron chi connectivity index (χ1n) is 10.0. The molecule has 1 fully saturated rings. The van der Waals surface area contributed by atoms with E-state index in [-0.39, 0.29) is 24.2 Å². The fourth-order valence-corrected chi connectivity index (χ4v) is 4.07. The zero-order chi connectivity index (χ0) is 21.2. The molecule has 1 aliphatic rings. The number of aliphatic hydroxyl groups is 1. The van der Waals surface area contributed by atoms with Crippen LogP contribution in [0.4, 0.5) is 21.5 Å². The second-order valence-corrected chi connectivity index (χ2v) is 8.41. The van der Waals surface area contributed by atoms with E-state index in [9.17, 15) is 14.3 Å². The van der Waals surface area contributed by atoms with Gasteiger partial charge < -0.3 is 20.4 Å². The quantitative estimate of drug-likeness (QED) is 0.617. The lowest BCUT2D eigenvalue weighted by Gasteiger charge is -2.36. The molecule has 0 spiro atoms. The van der Waals surface area contributed by atoms with E-state index in [1.165, 1.54) is 12.1 Å². The van der Waals surface area contributed by atoms with Gasteiger partial charge in [0, 0.05) is 12.2 Å². The number of carboxylic acids is 1.